The van der Waals surface area contributed by atoms with Gasteiger partial charge in [-0.2, -0.15) is 8.42 Å². The number of nitrogens with one attached hydrogen (secondary N) is 2. The van der Waals surface area contributed by atoms with Gasteiger partial charge in [-0.3, -0.25) is 4.52 Å². The first kappa shape index (κ1) is 17.7. The number of hydrogen-bond acceptors (Lipinski definition) is 6. The van der Waals surface area contributed by atoms with Crippen molar-refractivity contribution in [3.63, 3.8) is 0 Å². The number of fused-ring (bicyclic) bond motifs is 1. The predicted molar refractivity (Wildman–Crippen MR) is 101 cm³/mol. The monoisotopic (exact) mass is 423 g/mol. The van der Waals surface area contributed by atoms with Crippen molar-refractivity contribution in [3.8, 4) is 5.69 Å². The molecule has 4 rings (SSSR count). The zero-order chi connectivity index (χ0) is 19.2. The molecule has 4 aromatic rings. The molecule has 0 unspecified atom stereocenters. The Morgan fingerprint density at radius 1 is 1.22 bits per heavy atom. The summed E-state index contributed by atoms with van der Waals surface area (Å²) in [5.41, 5.74) is 1.01. The number of nitrogens with zero attached hydrogens (tertiary/aromatic N) is 2. The van der Waals surface area contributed by atoms with Gasteiger partial charge in [-0.15, -0.1) is 0 Å². The highest BCUT2D eigenvalue weighted by molar-refractivity contribution is 7.92. The normalized spacial score (nSPS) is 11.8. The molecule has 11 heteroatoms. The summed E-state index contributed by atoms with van der Waals surface area (Å²) >= 11 is 7.02. The predicted octanol–water partition coefficient (Wildman–Crippen LogP) is 2.62. The Labute approximate surface area is 162 Å². The second-order valence-electron chi connectivity index (χ2n) is 5.69. The Kier molecular flexibility index (Phi) is 4.25. The van der Waals surface area contributed by atoms with E-state index in [9.17, 15) is 13.2 Å². The molecule has 0 amide bonds. The Hall–Kier alpha value is -2.69. The van der Waals surface area contributed by atoms with E-state index in [2.05, 4.69) is 15.0 Å². The molecule has 0 bridgehead atoms. The van der Waals surface area contributed by atoms with Crippen LogP contribution in [0.4, 0.5) is 5.13 Å². The number of H-pyrrole nitrogens is 1. The summed E-state index contributed by atoms with van der Waals surface area (Å²) in [6.45, 7) is 1.92. The number of rotatable bonds is 4. The fourth-order valence-corrected chi connectivity index (χ4v) is 4.83. The molecule has 0 fully saturated rings. The minimum absolute atomic E-state index is 0.152. The maximum absolute atomic E-state index is 12.8. The molecular formula is C16H12ClN4O4S2+. The first-order valence-corrected chi connectivity index (χ1v) is 10.3. The minimum atomic E-state index is -4.26. The van der Waals surface area contributed by atoms with Crippen LogP contribution in [-0.2, 0) is 10.0 Å². The molecule has 2 N–H and O–H groups in total. The van der Waals surface area contributed by atoms with Gasteiger partial charge < -0.3 is 0 Å². The molecule has 0 aliphatic heterocycles. The van der Waals surface area contributed by atoms with Crippen LogP contribution in [0.3, 0.4) is 0 Å². The van der Waals surface area contributed by atoms with Crippen LogP contribution in [0.2, 0.25) is 5.02 Å². The lowest BCUT2D eigenvalue weighted by molar-refractivity contribution is -0.705. The van der Waals surface area contributed by atoms with E-state index in [1.807, 2.05) is 25.1 Å². The zero-order valence-corrected chi connectivity index (χ0v) is 16.2. The molecule has 0 radical (unpaired) electrons. The fourth-order valence-electron chi connectivity index (χ4n) is 2.50. The Balaban J connectivity index is 1.76. The molecule has 0 saturated heterocycles. The molecular weight excluding hydrogens is 412 g/mol. The first-order valence-electron chi connectivity index (χ1n) is 7.63. The van der Waals surface area contributed by atoms with Gasteiger partial charge in [0.2, 0.25) is 5.69 Å². The van der Waals surface area contributed by atoms with E-state index in [0.29, 0.717) is 16.2 Å². The van der Waals surface area contributed by atoms with E-state index >= 15 is 0 Å². The molecule has 2 heterocycles. The average molecular weight is 424 g/mol. The van der Waals surface area contributed by atoms with E-state index in [0.717, 1.165) is 14.9 Å². The minimum Gasteiger partial charge on any atom is -0.281 e. The van der Waals surface area contributed by atoms with Gasteiger partial charge in [0.1, 0.15) is 0 Å². The van der Waals surface area contributed by atoms with Crippen LogP contribution in [0.5, 0.6) is 0 Å². The number of hydrogen-bond donors (Lipinski definition) is 2. The van der Waals surface area contributed by atoms with Crippen molar-refractivity contribution in [1.82, 2.24) is 10.3 Å². The smallest absolute Gasteiger partial charge is 0.281 e. The highest BCUT2D eigenvalue weighted by atomic mass is 35.5. The summed E-state index contributed by atoms with van der Waals surface area (Å²) in [5, 5.41) is 2.31. The van der Waals surface area contributed by atoms with Crippen LogP contribution in [0.15, 0.2) is 56.8 Å². The molecule has 2 aromatic carbocycles. The fraction of sp³-hybridized carbons (Fsp3) is 0.0625. The Bertz CT molecular complexity index is 1310. The number of halogens is 1. The van der Waals surface area contributed by atoms with Crippen molar-refractivity contribution < 1.29 is 17.6 Å². The number of sulfonamides is 1. The largest absolute Gasteiger partial charge is 0.449 e. The number of aromatic nitrogens is 3. The van der Waals surface area contributed by atoms with Gasteiger partial charge in [-0.1, -0.05) is 29.0 Å². The maximum atomic E-state index is 12.8. The summed E-state index contributed by atoms with van der Waals surface area (Å²) in [4.78, 5) is 16.3. The third-order valence-electron chi connectivity index (χ3n) is 3.71. The van der Waals surface area contributed by atoms with Gasteiger partial charge in [-0.25, -0.2) is 14.5 Å². The summed E-state index contributed by atoms with van der Waals surface area (Å²) in [7, 11) is -4.26. The van der Waals surface area contributed by atoms with Crippen LogP contribution in [0.25, 0.3) is 15.9 Å². The molecule has 0 atom stereocenters. The van der Waals surface area contributed by atoms with Crippen molar-refractivity contribution in [3.05, 3.63) is 63.5 Å². The van der Waals surface area contributed by atoms with E-state index in [1.54, 1.807) is 24.3 Å². The molecule has 138 valence electrons. The molecule has 2 aromatic heterocycles. The quantitative estimate of drug-likeness (QED) is 0.490. The van der Waals surface area contributed by atoms with Gasteiger partial charge in [0.05, 0.1) is 10.2 Å². The number of thiazole rings is 1. The first-order chi connectivity index (χ1) is 12.8. The van der Waals surface area contributed by atoms with Crippen LogP contribution in [0.1, 0.15) is 5.56 Å². The molecule has 0 aliphatic rings. The topological polar surface area (TPSA) is 109 Å². The highest BCUT2D eigenvalue weighted by Crippen LogP contribution is 2.27. The molecule has 0 aliphatic carbocycles. The second kappa shape index (κ2) is 6.48. The standard InChI is InChI=1S/C16H11ClN4O4S2/c1-9-2-7-13-12(8-9)18-16(26-13)19-27(23,24)14-15(22)25-20-21(14)11-5-3-10(17)4-6-11/h2-8H,1H3,(H-,18,19,20,22)/p+1. The molecule has 0 saturated carbocycles. The number of aromatic amines is 1. The SMILES string of the molecule is Cc1ccc2sc(NS(=O)(=O)c3c(=O)o[nH][n+]3-c3ccc(Cl)cc3)nc2c1. The van der Waals surface area contributed by atoms with E-state index in [1.165, 1.54) is 11.3 Å². The summed E-state index contributed by atoms with van der Waals surface area (Å²) in [6.07, 6.45) is 0. The lowest BCUT2D eigenvalue weighted by atomic mass is 10.2. The summed E-state index contributed by atoms with van der Waals surface area (Å²) in [5.74, 6) is 0. The van der Waals surface area contributed by atoms with Crippen molar-refractivity contribution in [2.24, 2.45) is 0 Å². The van der Waals surface area contributed by atoms with E-state index in [4.69, 9.17) is 16.1 Å². The third kappa shape index (κ3) is 3.34. The van der Waals surface area contributed by atoms with E-state index in [-0.39, 0.29) is 5.13 Å². The number of aryl methyl sites for hydroxylation is 1. The Morgan fingerprint density at radius 3 is 2.70 bits per heavy atom. The second-order valence-corrected chi connectivity index (χ2v) is 8.76. The molecule has 8 nitrogen and oxygen atoms in total. The summed E-state index contributed by atoms with van der Waals surface area (Å²) in [6, 6.07) is 11.8. The van der Waals surface area contributed by atoms with Gasteiger partial charge in [0.15, 0.2) is 5.13 Å². The number of benzene rings is 2. The maximum Gasteiger partial charge on any atom is 0.449 e. The van der Waals surface area contributed by atoms with Gasteiger partial charge in [0.25, 0.3) is 0 Å². The van der Waals surface area contributed by atoms with Crippen LogP contribution >= 0.6 is 22.9 Å². The van der Waals surface area contributed by atoms with Crippen molar-refractivity contribution >= 4 is 48.3 Å². The van der Waals surface area contributed by atoms with E-state index < -0.39 is 20.7 Å². The lowest BCUT2D eigenvalue weighted by Crippen LogP contribution is -2.42. The van der Waals surface area contributed by atoms with Crippen molar-refractivity contribution in [2.45, 2.75) is 11.9 Å². The van der Waals surface area contributed by atoms with Crippen LogP contribution in [-0.4, -0.2) is 18.7 Å². The lowest BCUT2D eigenvalue weighted by Gasteiger charge is -1.99. The van der Waals surface area contributed by atoms with Crippen molar-refractivity contribution in [1.29, 1.82) is 0 Å². The van der Waals surface area contributed by atoms with Gasteiger partial charge >= 0.3 is 20.7 Å². The molecule has 0 spiro atoms. The molecule has 27 heavy (non-hydrogen) atoms. The number of anilines is 1. The zero-order valence-electron chi connectivity index (χ0n) is 13.8. The van der Waals surface area contributed by atoms with Crippen molar-refractivity contribution in [2.75, 3.05) is 4.72 Å². The van der Waals surface area contributed by atoms with Gasteiger partial charge in [-0.05, 0) is 46.7 Å². The Morgan fingerprint density at radius 2 is 1.96 bits per heavy atom. The highest BCUT2D eigenvalue weighted by Gasteiger charge is 2.37. The van der Waals surface area contributed by atoms with Gasteiger partial charge in [0, 0.05) is 17.2 Å². The third-order valence-corrected chi connectivity index (χ3v) is 6.36. The average Bonchev–Trinajstić information content (AvgIpc) is 3.18. The van der Waals surface area contributed by atoms with Crippen LogP contribution < -0.4 is 15.0 Å². The van der Waals surface area contributed by atoms with Crippen LogP contribution in [0, 0.1) is 6.92 Å². The summed E-state index contributed by atoms with van der Waals surface area (Å²) < 4.78 is 34.5.